The van der Waals surface area contributed by atoms with Crippen LogP contribution in [-0.2, 0) is 4.79 Å². The summed E-state index contributed by atoms with van der Waals surface area (Å²) < 4.78 is 0.654. The van der Waals surface area contributed by atoms with Crippen LogP contribution < -0.4 is 5.32 Å². The third-order valence-corrected chi connectivity index (χ3v) is 4.83. The minimum Gasteiger partial charge on any atom is -0.478 e. The van der Waals surface area contributed by atoms with E-state index in [0.717, 1.165) is 12.8 Å². The second-order valence-electron chi connectivity index (χ2n) is 5.66. The Morgan fingerprint density at radius 1 is 1.15 bits per heavy atom. The van der Waals surface area contributed by atoms with E-state index < -0.39 is 5.97 Å². The third-order valence-electron chi connectivity index (χ3n) is 4.37. The summed E-state index contributed by atoms with van der Waals surface area (Å²) in [6.07, 6.45) is 4.76. The number of nitrogens with one attached hydrogen (secondary N) is 1. The van der Waals surface area contributed by atoms with Crippen molar-refractivity contribution in [3.05, 3.63) is 28.2 Å². The molecule has 2 N–H and O–H groups in total. The quantitative estimate of drug-likeness (QED) is 0.886. The first-order chi connectivity index (χ1) is 9.56. The van der Waals surface area contributed by atoms with Gasteiger partial charge in [0.25, 0.3) is 0 Å². The maximum absolute atomic E-state index is 12.3. The van der Waals surface area contributed by atoms with E-state index in [0.29, 0.717) is 22.0 Å². The summed E-state index contributed by atoms with van der Waals surface area (Å²) >= 11 is 3.27. The molecule has 0 aliphatic heterocycles. The summed E-state index contributed by atoms with van der Waals surface area (Å²) in [6.45, 7) is 0. The molecule has 1 aromatic rings. The highest BCUT2D eigenvalue weighted by Gasteiger charge is 2.54. The largest absolute Gasteiger partial charge is 0.478 e. The number of rotatable bonds is 3. The van der Waals surface area contributed by atoms with Crippen molar-refractivity contribution in [2.75, 3.05) is 5.32 Å². The Morgan fingerprint density at radius 2 is 1.80 bits per heavy atom. The summed E-state index contributed by atoms with van der Waals surface area (Å²) in [5, 5.41) is 11.9. The van der Waals surface area contributed by atoms with E-state index in [-0.39, 0.29) is 17.4 Å². The van der Waals surface area contributed by atoms with Crippen molar-refractivity contribution < 1.29 is 14.7 Å². The third kappa shape index (κ3) is 2.59. The second kappa shape index (κ2) is 5.20. The molecule has 0 aromatic heterocycles. The lowest BCUT2D eigenvalue weighted by molar-refractivity contribution is -0.117. The number of anilines is 1. The van der Waals surface area contributed by atoms with Crippen LogP contribution in [0.5, 0.6) is 0 Å². The van der Waals surface area contributed by atoms with Crippen LogP contribution in [0.2, 0.25) is 0 Å². The maximum Gasteiger partial charge on any atom is 0.335 e. The summed E-state index contributed by atoms with van der Waals surface area (Å²) in [5.74, 6) is 0.271. The first-order valence-corrected chi connectivity index (χ1v) is 7.70. The molecule has 106 valence electrons. The van der Waals surface area contributed by atoms with Gasteiger partial charge in [0, 0.05) is 16.1 Å². The van der Waals surface area contributed by atoms with E-state index in [1.54, 1.807) is 6.07 Å². The molecule has 0 bridgehead atoms. The van der Waals surface area contributed by atoms with Crippen LogP contribution in [0.15, 0.2) is 22.7 Å². The molecular formula is C15H16BrNO3. The number of fused-ring (bicyclic) bond motifs is 1. The lowest BCUT2D eigenvalue weighted by Gasteiger charge is -2.07. The van der Waals surface area contributed by atoms with Crippen LogP contribution in [0.3, 0.4) is 0 Å². The van der Waals surface area contributed by atoms with E-state index in [2.05, 4.69) is 21.2 Å². The van der Waals surface area contributed by atoms with Crippen LogP contribution >= 0.6 is 15.9 Å². The van der Waals surface area contributed by atoms with Crippen molar-refractivity contribution in [3.8, 4) is 0 Å². The molecule has 5 heteroatoms. The molecule has 3 rings (SSSR count). The molecular weight excluding hydrogens is 322 g/mol. The maximum atomic E-state index is 12.3. The van der Waals surface area contributed by atoms with Gasteiger partial charge in [0.1, 0.15) is 0 Å². The predicted octanol–water partition coefficient (Wildman–Crippen LogP) is 3.52. The van der Waals surface area contributed by atoms with Crippen LogP contribution in [-0.4, -0.2) is 17.0 Å². The minimum atomic E-state index is -0.998. The van der Waals surface area contributed by atoms with Gasteiger partial charge in [0.15, 0.2) is 0 Å². The van der Waals surface area contributed by atoms with Gasteiger partial charge in [-0.2, -0.15) is 0 Å². The fourth-order valence-corrected chi connectivity index (χ4v) is 3.89. The van der Waals surface area contributed by atoms with E-state index in [9.17, 15) is 9.59 Å². The van der Waals surface area contributed by atoms with Gasteiger partial charge in [-0.15, -0.1) is 0 Å². The highest BCUT2D eigenvalue weighted by atomic mass is 79.9. The summed E-state index contributed by atoms with van der Waals surface area (Å²) in [7, 11) is 0. The molecule has 20 heavy (non-hydrogen) atoms. The zero-order valence-electron chi connectivity index (χ0n) is 10.9. The Labute approximate surface area is 125 Å². The van der Waals surface area contributed by atoms with Gasteiger partial charge in [-0.1, -0.05) is 28.8 Å². The SMILES string of the molecule is O=C(O)c1cc(Br)cc(NC(=O)C2C3CCCCC32)c1. The fourth-order valence-electron chi connectivity index (χ4n) is 3.39. The van der Waals surface area contributed by atoms with Gasteiger partial charge in [-0.25, -0.2) is 4.79 Å². The number of amides is 1. The van der Waals surface area contributed by atoms with Crippen molar-refractivity contribution >= 4 is 33.5 Å². The van der Waals surface area contributed by atoms with E-state index in [1.807, 2.05) is 0 Å². The number of carboxylic acids is 1. The normalized spacial score (nSPS) is 27.6. The average molecular weight is 338 g/mol. The monoisotopic (exact) mass is 337 g/mol. The summed E-state index contributed by atoms with van der Waals surface area (Å²) in [5.41, 5.74) is 0.716. The number of aromatic carboxylic acids is 1. The number of carbonyl (C=O) groups is 2. The van der Waals surface area contributed by atoms with E-state index in [4.69, 9.17) is 5.11 Å². The van der Waals surface area contributed by atoms with Gasteiger partial charge in [-0.05, 0) is 42.9 Å². The number of hydrogen-bond acceptors (Lipinski definition) is 2. The molecule has 2 fully saturated rings. The zero-order valence-corrected chi connectivity index (χ0v) is 12.5. The van der Waals surface area contributed by atoms with Crippen molar-refractivity contribution in [2.45, 2.75) is 25.7 Å². The molecule has 4 nitrogen and oxygen atoms in total. The van der Waals surface area contributed by atoms with Crippen molar-refractivity contribution in [2.24, 2.45) is 17.8 Å². The Morgan fingerprint density at radius 3 is 2.40 bits per heavy atom. The molecule has 2 atom stereocenters. The molecule has 0 spiro atoms. The van der Waals surface area contributed by atoms with Gasteiger partial charge in [0.05, 0.1) is 5.56 Å². The van der Waals surface area contributed by atoms with Crippen LogP contribution in [0.25, 0.3) is 0 Å². The van der Waals surface area contributed by atoms with E-state index in [1.165, 1.54) is 25.0 Å². The van der Waals surface area contributed by atoms with Crippen LogP contribution in [0.1, 0.15) is 36.0 Å². The minimum absolute atomic E-state index is 0.0383. The Bertz CT molecular complexity index is 560. The number of benzene rings is 1. The number of hydrogen-bond donors (Lipinski definition) is 2. The number of carboxylic acid groups (broad SMARTS) is 1. The smallest absolute Gasteiger partial charge is 0.335 e. The van der Waals surface area contributed by atoms with Crippen molar-refractivity contribution in [3.63, 3.8) is 0 Å². The Balaban J connectivity index is 1.71. The molecule has 2 saturated carbocycles. The molecule has 2 aliphatic rings. The molecule has 0 saturated heterocycles. The van der Waals surface area contributed by atoms with Gasteiger partial charge in [-0.3, -0.25) is 4.79 Å². The average Bonchev–Trinajstić information content (AvgIpc) is 3.12. The van der Waals surface area contributed by atoms with Crippen molar-refractivity contribution in [1.29, 1.82) is 0 Å². The van der Waals surface area contributed by atoms with Gasteiger partial charge in [0.2, 0.25) is 5.91 Å². The summed E-state index contributed by atoms with van der Waals surface area (Å²) in [6, 6.07) is 4.75. The molecule has 1 aromatic carbocycles. The summed E-state index contributed by atoms with van der Waals surface area (Å²) in [4.78, 5) is 23.3. The lowest BCUT2D eigenvalue weighted by Crippen LogP contribution is -2.16. The Kier molecular flexibility index (Phi) is 3.54. The molecule has 2 aliphatic carbocycles. The number of carbonyl (C=O) groups excluding carboxylic acids is 1. The highest BCUT2D eigenvalue weighted by Crippen LogP contribution is 2.55. The molecule has 0 heterocycles. The standard InChI is InChI=1S/C15H16BrNO3/c16-9-5-8(15(19)20)6-10(7-9)17-14(18)13-11-3-1-2-4-12(11)13/h5-7,11-13H,1-4H2,(H,17,18)(H,19,20). The van der Waals surface area contributed by atoms with Gasteiger partial charge >= 0.3 is 5.97 Å². The Hall–Kier alpha value is -1.36. The number of halogens is 1. The lowest BCUT2D eigenvalue weighted by atomic mass is 10.0. The second-order valence-corrected chi connectivity index (χ2v) is 6.58. The first-order valence-electron chi connectivity index (χ1n) is 6.91. The van der Waals surface area contributed by atoms with Crippen LogP contribution in [0.4, 0.5) is 5.69 Å². The topological polar surface area (TPSA) is 66.4 Å². The van der Waals surface area contributed by atoms with Crippen molar-refractivity contribution in [1.82, 2.24) is 0 Å². The molecule has 1 amide bonds. The predicted molar refractivity (Wildman–Crippen MR) is 78.7 cm³/mol. The fraction of sp³-hybridized carbons (Fsp3) is 0.467. The van der Waals surface area contributed by atoms with Gasteiger partial charge < -0.3 is 10.4 Å². The zero-order chi connectivity index (χ0) is 14.3. The molecule has 0 radical (unpaired) electrons. The van der Waals surface area contributed by atoms with E-state index >= 15 is 0 Å². The first kappa shape index (κ1) is 13.6. The highest BCUT2D eigenvalue weighted by molar-refractivity contribution is 9.10. The molecule has 2 unspecified atom stereocenters. The van der Waals surface area contributed by atoms with Crippen LogP contribution in [0, 0.1) is 17.8 Å².